The largest absolute Gasteiger partial charge is 0.488 e. The fourth-order valence-electron chi connectivity index (χ4n) is 7.98. The second kappa shape index (κ2) is 27.0. The standard InChI is InChI=1S/C28H25ClN4O4.C17H13BrClN3O2.C11H14BNO4/c29-24-15-21(19-3-5-20(6-4-19)28(35)33-9-11-36-12-10-33)13-22-14-23(37-27(22)24)17-32-26(34)8-2-18-1-7-25(30)31-16-18;18-12-5-11-6-13(24-17(11)14(19)7-12)9-22-16(23)4-2-10-1-3-15(20)21-8-10;14-11(13-5-7-17-8-6-13)9-1-3-10(4-2-9)12(15)16/h1-8,13-16H,9-12,17H2,(H2,30,31)(H,32,34);1-8H,9H2,(H2,20,21)(H,22,23);1-4,15-16H,5-8H2/b8-2+;4-2+;. The Hall–Kier alpha value is -7.82. The number of nitrogens with one attached hydrogen (secondary N) is 2. The number of benzene rings is 4. The van der Waals surface area contributed by atoms with E-state index in [1.807, 2.05) is 54.6 Å². The number of nitrogens with zero attached hydrogens (tertiary/aromatic N) is 4. The van der Waals surface area contributed by atoms with Crippen LogP contribution in [0, 0.1) is 0 Å². The Morgan fingerprint density at radius 3 is 1.50 bits per heavy atom. The average molecular weight is 1160 g/mol. The van der Waals surface area contributed by atoms with Gasteiger partial charge in [0.25, 0.3) is 11.8 Å². The SMILES string of the molecule is Nc1ccc(/C=C/C(=O)NCc2cc3cc(-c4ccc(C(=O)N5CCOCC5)cc4)cc(Cl)c3o2)cn1.Nc1ccc(/C=C/C(=O)NCc2cc3cc(Br)cc(Cl)c3o2)cn1.O=C(c1ccc(B(O)O)cc1)N1CCOCC1. The molecule has 6 heterocycles. The predicted octanol–water partition coefficient (Wildman–Crippen LogP) is 7.53. The predicted molar refractivity (Wildman–Crippen MR) is 304 cm³/mol. The van der Waals surface area contributed by atoms with Crippen molar-refractivity contribution in [3.8, 4) is 11.1 Å². The van der Waals surface area contributed by atoms with E-state index in [0.717, 1.165) is 37.5 Å². The molecule has 2 aliphatic rings. The normalized spacial score (nSPS) is 13.4. The molecule has 22 heteroatoms. The highest BCUT2D eigenvalue weighted by molar-refractivity contribution is 9.10. The summed E-state index contributed by atoms with van der Waals surface area (Å²) >= 11 is 16.0. The second-order valence-corrected chi connectivity index (χ2v) is 19.4. The molecule has 0 atom stereocenters. The first-order valence-electron chi connectivity index (χ1n) is 24.4. The van der Waals surface area contributed by atoms with Crippen molar-refractivity contribution in [2.24, 2.45) is 0 Å². The van der Waals surface area contributed by atoms with Crippen LogP contribution in [0.4, 0.5) is 11.6 Å². The van der Waals surface area contributed by atoms with E-state index in [9.17, 15) is 19.2 Å². The van der Waals surface area contributed by atoms with E-state index in [1.165, 1.54) is 12.2 Å². The van der Waals surface area contributed by atoms with Crippen molar-refractivity contribution in [1.82, 2.24) is 30.4 Å². The fraction of sp³-hybridized carbons (Fsp3) is 0.179. The Morgan fingerprint density at radius 1 is 0.603 bits per heavy atom. The van der Waals surface area contributed by atoms with Crippen molar-refractivity contribution in [1.29, 1.82) is 0 Å². The lowest BCUT2D eigenvalue weighted by Gasteiger charge is -2.26. The molecule has 0 saturated carbocycles. The minimum Gasteiger partial charge on any atom is -0.458 e. The molecule has 4 aromatic heterocycles. The Morgan fingerprint density at radius 2 is 1.05 bits per heavy atom. The first kappa shape index (κ1) is 56.4. The fourth-order valence-corrected chi connectivity index (χ4v) is 9.11. The summed E-state index contributed by atoms with van der Waals surface area (Å²) in [5.74, 6) is 1.51. The summed E-state index contributed by atoms with van der Waals surface area (Å²) in [6.07, 6.45) is 9.36. The van der Waals surface area contributed by atoms with Gasteiger partial charge >= 0.3 is 7.12 Å². The van der Waals surface area contributed by atoms with Gasteiger partial charge in [-0.05, 0) is 125 Å². The maximum Gasteiger partial charge on any atom is 0.488 e. The van der Waals surface area contributed by atoms with Crippen molar-refractivity contribution < 1.29 is 47.5 Å². The van der Waals surface area contributed by atoms with Crippen LogP contribution in [0.5, 0.6) is 0 Å². The molecule has 8 aromatic rings. The number of carbonyl (C=O) groups is 4. The number of ether oxygens (including phenoxy) is 2. The van der Waals surface area contributed by atoms with E-state index in [-0.39, 0.29) is 36.7 Å². The molecule has 0 spiro atoms. The molecular formula is C56H52BBrCl2N8O10. The highest BCUT2D eigenvalue weighted by atomic mass is 79.9. The monoisotopic (exact) mass is 1160 g/mol. The van der Waals surface area contributed by atoms with Crippen molar-refractivity contribution >= 4 is 121 Å². The van der Waals surface area contributed by atoms with Gasteiger partial charge in [-0.3, -0.25) is 19.2 Å². The van der Waals surface area contributed by atoms with Gasteiger partial charge in [0.15, 0.2) is 11.2 Å². The van der Waals surface area contributed by atoms with Crippen molar-refractivity contribution in [3.63, 3.8) is 0 Å². The number of nitrogen functional groups attached to an aromatic ring is 2. The van der Waals surface area contributed by atoms with Gasteiger partial charge in [0, 0.05) is 77.1 Å². The van der Waals surface area contributed by atoms with Crippen LogP contribution in [0.1, 0.15) is 43.4 Å². The summed E-state index contributed by atoms with van der Waals surface area (Å²) < 4.78 is 22.9. The summed E-state index contributed by atoms with van der Waals surface area (Å²) in [5, 5.41) is 26.1. The zero-order valence-electron chi connectivity index (χ0n) is 41.7. The molecule has 2 saturated heterocycles. The van der Waals surface area contributed by atoms with Gasteiger partial charge < -0.3 is 60.3 Å². The first-order chi connectivity index (χ1) is 37.6. The van der Waals surface area contributed by atoms with E-state index in [4.69, 9.17) is 63.0 Å². The first-order valence-corrected chi connectivity index (χ1v) is 26.0. The smallest absolute Gasteiger partial charge is 0.458 e. The lowest BCUT2D eigenvalue weighted by molar-refractivity contribution is -0.117. The maximum absolute atomic E-state index is 12.7. The Bertz CT molecular complexity index is 3440. The van der Waals surface area contributed by atoms with E-state index in [0.29, 0.717) is 114 Å². The summed E-state index contributed by atoms with van der Waals surface area (Å²) in [4.78, 5) is 60.3. The molecule has 4 aromatic carbocycles. The van der Waals surface area contributed by atoms with Gasteiger partial charge in [-0.15, -0.1) is 0 Å². The third-order valence-electron chi connectivity index (χ3n) is 12.1. The number of hydrogen-bond acceptors (Lipinski definition) is 14. The van der Waals surface area contributed by atoms with E-state index >= 15 is 0 Å². The van der Waals surface area contributed by atoms with Crippen molar-refractivity contribution in [3.05, 3.63) is 182 Å². The topological polar surface area (TPSA) is 262 Å². The number of anilines is 2. The number of halogens is 3. The summed E-state index contributed by atoms with van der Waals surface area (Å²) in [7, 11) is -1.50. The van der Waals surface area contributed by atoms with E-state index < -0.39 is 7.12 Å². The quantitative estimate of drug-likeness (QED) is 0.0511. The second-order valence-electron chi connectivity index (χ2n) is 17.6. The van der Waals surface area contributed by atoms with Gasteiger partial charge in [0.05, 0.1) is 49.6 Å². The molecular weight excluding hydrogens is 1110 g/mol. The number of carbonyl (C=O) groups excluding carboxylic acids is 4. The molecule has 400 valence electrons. The average Bonchev–Trinajstić information content (AvgIpc) is 4.10. The van der Waals surface area contributed by atoms with E-state index in [2.05, 4.69) is 36.5 Å². The highest BCUT2D eigenvalue weighted by Crippen LogP contribution is 2.34. The van der Waals surface area contributed by atoms with Crippen LogP contribution in [0.2, 0.25) is 10.0 Å². The Kier molecular flexibility index (Phi) is 19.5. The van der Waals surface area contributed by atoms with E-state index in [1.54, 1.807) is 88.9 Å². The minimum absolute atomic E-state index is 0.00448. The van der Waals surface area contributed by atoms with Gasteiger partial charge in [-0.2, -0.15) is 0 Å². The van der Waals surface area contributed by atoms with Gasteiger partial charge in [0.1, 0.15) is 23.2 Å². The molecule has 0 radical (unpaired) electrons. The van der Waals surface area contributed by atoms with Gasteiger partial charge in [0.2, 0.25) is 11.8 Å². The number of pyridine rings is 2. The summed E-state index contributed by atoms with van der Waals surface area (Å²) in [5.41, 5.74) is 17.2. The van der Waals surface area contributed by atoms with Crippen LogP contribution in [0.25, 0.3) is 45.2 Å². The molecule has 4 amide bonds. The number of furan rings is 2. The molecule has 2 aliphatic heterocycles. The number of morpholine rings is 2. The number of amides is 4. The minimum atomic E-state index is -1.50. The summed E-state index contributed by atoms with van der Waals surface area (Å²) in [6.45, 7) is 5.16. The van der Waals surface area contributed by atoms with Crippen LogP contribution in [-0.4, -0.2) is 113 Å². The number of nitrogens with two attached hydrogens (primary N) is 2. The number of hydrogen-bond donors (Lipinski definition) is 6. The Balaban J connectivity index is 0.000000168. The third kappa shape index (κ3) is 15.7. The molecule has 10 rings (SSSR count). The summed E-state index contributed by atoms with van der Waals surface area (Å²) in [6, 6.07) is 31.9. The molecule has 0 aliphatic carbocycles. The van der Waals surface area contributed by atoms with Gasteiger partial charge in [-0.1, -0.05) is 63.4 Å². The molecule has 0 unspecified atom stereocenters. The molecule has 8 N–H and O–H groups in total. The zero-order chi connectivity index (χ0) is 55.1. The van der Waals surface area contributed by atoms with Crippen LogP contribution in [0.3, 0.4) is 0 Å². The molecule has 78 heavy (non-hydrogen) atoms. The number of fused-ring (bicyclic) bond motifs is 2. The van der Waals surface area contributed by atoms with Crippen LogP contribution < -0.4 is 27.6 Å². The third-order valence-corrected chi connectivity index (χ3v) is 13.1. The van der Waals surface area contributed by atoms with Crippen LogP contribution in [0.15, 0.2) is 147 Å². The van der Waals surface area contributed by atoms with Gasteiger partial charge in [-0.25, -0.2) is 9.97 Å². The van der Waals surface area contributed by atoms with Crippen LogP contribution >= 0.6 is 39.1 Å². The lowest BCUT2D eigenvalue weighted by atomic mass is 9.80. The number of aromatic nitrogens is 2. The van der Waals surface area contributed by atoms with Crippen molar-refractivity contribution in [2.75, 3.05) is 64.1 Å². The Labute approximate surface area is 466 Å². The highest BCUT2D eigenvalue weighted by Gasteiger charge is 2.21. The number of rotatable bonds is 12. The van der Waals surface area contributed by atoms with Crippen LogP contribution in [-0.2, 0) is 32.2 Å². The van der Waals surface area contributed by atoms with Crippen molar-refractivity contribution in [2.45, 2.75) is 13.1 Å². The lowest BCUT2D eigenvalue weighted by Crippen LogP contribution is -2.40. The molecule has 2 fully saturated rings. The molecule has 18 nitrogen and oxygen atoms in total. The zero-order valence-corrected chi connectivity index (χ0v) is 44.8. The maximum atomic E-state index is 12.7. The molecule has 0 bridgehead atoms.